The highest BCUT2D eigenvalue weighted by molar-refractivity contribution is 7.89. The zero-order valence-electron chi connectivity index (χ0n) is 10.6. The van der Waals surface area contributed by atoms with Crippen molar-refractivity contribution in [2.24, 2.45) is 5.92 Å². The van der Waals surface area contributed by atoms with E-state index in [0.717, 1.165) is 6.42 Å². The van der Waals surface area contributed by atoms with Crippen LogP contribution in [0, 0.1) is 5.92 Å². The van der Waals surface area contributed by atoms with E-state index in [2.05, 4.69) is 0 Å². The van der Waals surface area contributed by atoms with Crippen molar-refractivity contribution in [2.75, 3.05) is 18.9 Å². The van der Waals surface area contributed by atoms with Crippen molar-refractivity contribution in [1.29, 1.82) is 0 Å². The molecule has 1 heterocycles. The maximum absolute atomic E-state index is 12.6. The molecular formula is C12H17ClN2O3S. The third-order valence-corrected chi connectivity index (χ3v) is 5.80. The molecule has 0 spiro atoms. The van der Waals surface area contributed by atoms with E-state index in [1.807, 2.05) is 6.92 Å². The lowest BCUT2D eigenvalue weighted by molar-refractivity contribution is 0.191. The molecule has 0 radical (unpaired) electrons. The van der Waals surface area contributed by atoms with E-state index in [1.165, 1.54) is 16.4 Å². The molecular weight excluding hydrogens is 288 g/mol. The van der Waals surface area contributed by atoms with Crippen LogP contribution in [0.1, 0.15) is 13.3 Å². The van der Waals surface area contributed by atoms with Gasteiger partial charge in [-0.1, -0.05) is 18.5 Å². The quantitative estimate of drug-likeness (QED) is 0.825. The lowest BCUT2D eigenvalue weighted by atomic mass is 10.0. The van der Waals surface area contributed by atoms with Gasteiger partial charge in [0.2, 0.25) is 10.0 Å². The highest BCUT2D eigenvalue weighted by atomic mass is 35.5. The molecule has 0 aromatic heterocycles. The number of rotatable bonds is 3. The fourth-order valence-electron chi connectivity index (χ4n) is 2.40. The fraction of sp³-hybridized carbons (Fsp3) is 0.500. The third-order valence-electron chi connectivity index (χ3n) is 3.58. The maximum atomic E-state index is 12.6. The number of benzene rings is 1. The van der Waals surface area contributed by atoms with Crippen LogP contribution in [0.5, 0.6) is 0 Å². The standard InChI is InChI=1S/C12H17ClN2O3S/c1-8-4-5-15(11(8)7-16)19(17,18)12-6-9(13)2-3-10(12)14/h2-3,6,8,11,16H,4-5,7,14H2,1H3. The van der Waals surface area contributed by atoms with Crippen LogP contribution in [0.3, 0.4) is 0 Å². The van der Waals surface area contributed by atoms with Crippen LogP contribution < -0.4 is 5.73 Å². The van der Waals surface area contributed by atoms with Crippen LogP contribution in [-0.2, 0) is 10.0 Å². The van der Waals surface area contributed by atoms with Crippen molar-refractivity contribution in [3.8, 4) is 0 Å². The summed E-state index contributed by atoms with van der Waals surface area (Å²) < 4.78 is 26.5. The fourth-order valence-corrected chi connectivity index (χ4v) is 4.51. The van der Waals surface area contributed by atoms with E-state index >= 15 is 0 Å². The molecule has 3 N–H and O–H groups in total. The highest BCUT2D eigenvalue weighted by Gasteiger charge is 2.39. The zero-order chi connectivity index (χ0) is 14.2. The number of anilines is 1. The van der Waals surface area contributed by atoms with E-state index in [1.54, 1.807) is 6.07 Å². The van der Waals surface area contributed by atoms with Crippen molar-refractivity contribution >= 4 is 27.3 Å². The minimum Gasteiger partial charge on any atom is -0.398 e. The first-order chi connectivity index (χ1) is 8.87. The summed E-state index contributed by atoms with van der Waals surface area (Å²) in [7, 11) is -3.72. The second-order valence-electron chi connectivity index (χ2n) is 4.81. The zero-order valence-corrected chi connectivity index (χ0v) is 12.2. The predicted molar refractivity (Wildman–Crippen MR) is 74.4 cm³/mol. The molecule has 5 nitrogen and oxygen atoms in total. The average molecular weight is 305 g/mol. The summed E-state index contributed by atoms with van der Waals surface area (Å²) in [4.78, 5) is 0.00699. The summed E-state index contributed by atoms with van der Waals surface area (Å²) in [5, 5.41) is 9.70. The van der Waals surface area contributed by atoms with Crippen molar-refractivity contribution < 1.29 is 13.5 Å². The Balaban J connectivity index is 2.45. The van der Waals surface area contributed by atoms with E-state index < -0.39 is 16.1 Å². The summed E-state index contributed by atoms with van der Waals surface area (Å²) >= 11 is 5.84. The first-order valence-electron chi connectivity index (χ1n) is 6.05. The van der Waals surface area contributed by atoms with Gasteiger partial charge in [-0.2, -0.15) is 4.31 Å². The molecule has 1 aliphatic heterocycles. The maximum Gasteiger partial charge on any atom is 0.245 e. The molecule has 1 aromatic carbocycles. The minimum atomic E-state index is -3.72. The summed E-state index contributed by atoms with van der Waals surface area (Å²) in [5.41, 5.74) is 5.91. The molecule has 2 rings (SSSR count). The van der Waals surface area contributed by atoms with Gasteiger partial charge in [0.25, 0.3) is 0 Å². The van der Waals surface area contributed by atoms with Crippen LogP contribution in [0.4, 0.5) is 5.69 Å². The molecule has 1 aromatic rings. The summed E-state index contributed by atoms with van der Waals surface area (Å²) in [6.07, 6.45) is 0.727. The van der Waals surface area contributed by atoms with Gasteiger partial charge in [-0.15, -0.1) is 0 Å². The van der Waals surface area contributed by atoms with Crippen molar-refractivity contribution in [1.82, 2.24) is 4.31 Å². The van der Waals surface area contributed by atoms with Crippen LogP contribution in [-0.4, -0.2) is 37.0 Å². The van der Waals surface area contributed by atoms with Crippen molar-refractivity contribution in [2.45, 2.75) is 24.3 Å². The Morgan fingerprint density at radius 3 is 2.84 bits per heavy atom. The number of nitrogens with two attached hydrogens (primary N) is 1. The summed E-state index contributed by atoms with van der Waals surface area (Å²) in [5.74, 6) is 0.125. The largest absolute Gasteiger partial charge is 0.398 e. The van der Waals surface area contributed by atoms with Crippen LogP contribution >= 0.6 is 11.6 Å². The molecule has 1 aliphatic rings. The molecule has 0 saturated carbocycles. The smallest absolute Gasteiger partial charge is 0.245 e. The molecule has 106 valence electrons. The number of hydrogen-bond acceptors (Lipinski definition) is 4. The van der Waals surface area contributed by atoms with E-state index in [4.69, 9.17) is 17.3 Å². The topological polar surface area (TPSA) is 83.6 Å². The van der Waals surface area contributed by atoms with Crippen LogP contribution in [0.2, 0.25) is 5.02 Å². The van der Waals surface area contributed by atoms with E-state index in [9.17, 15) is 13.5 Å². The van der Waals surface area contributed by atoms with Crippen LogP contribution in [0.15, 0.2) is 23.1 Å². The Morgan fingerprint density at radius 2 is 2.21 bits per heavy atom. The number of halogens is 1. The highest BCUT2D eigenvalue weighted by Crippen LogP contribution is 2.32. The monoisotopic (exact) mass is 304 g/mol. The van der Waals surface area contributed by atoms with Gasteiger partial charge in [-0.25, -0.2) is 8.42 Å². The van der Waals surface area contributed by atoms with Gasteiger partial charge < -0.3 is 10.8 Å². The number of nitrogens with zero attached hydrogens (tertiary/aromatic N) is 1. The van der Waals surface area contributed by atoms with Gasteiger partial charge >= 0.3 is 0 Å². The van der Waals surface area contributed by atoms with E-state index in [0.29, 0.717) is 11.6 Å². The summed E-state index contributed by atoms with van der Waals surface area (Å²) in [6.45, 7) is 2.12. The van der Waals surface area contributed by atoms with Gasteiger partial charge in [-0.3, -0.25) is 0 Å². The molecule has 1 fully saturated rings. The number of nitrogen functional groups attached to an aromatic ring is 1. The second kappa shape index (κ2) is 5.28. The lowest BCUT2D eigenvalue weighted by Crippen LogP contribution is -2.40. The Hall–Kier alpha value is -0.820. The predicted octanol–water partition coefficient (Wildman–Crippen LogP) is 1.31. The summed E-state index contributed by atoms with van der Waals surface area (Å²) in [6, 6.07) is 3.97. The third kappa shape index (κ3) is 2.58. The molecule has 0 bridgehead atoms. The second-order valence-corrected chi connectivity index (χ2v) is 7.11. The van der Waals surface area contributed by atoms with Crippen LogP contribution in [0.25, 0.3) is 0 Å². The number of hydrogen-bond donors (Lipinski definition) is 2. The molecule has 0 aliphatic carbocycles. The van der Waals surface area contributed by atoms with Gasteiger partial charge in [0.1, 0.15) is 4.90 Å². The normalized spacial score (nSPS) is 24.8. The van der Waals surface area contributed by atoms with Gasteiger partial charge in [0.05, 0.1) is 18.3 Å². The van der Waals surface area contributed by atoms with Crippen molar-refractivity contribution in [3.63, 3.8) is 0 Å². The Morgan fingerprint density at radius 1 is 1.53 bits per heavy atom. The lowest BCUT2D eigenvalue weighted by Gasteiger charge is -2.25. The van der Waals surface area contributed by atoms with Gasteiger partial charge in [0, 0.05) is 11.6 Å². The molecule has 2 unspecified atom stereocenters. The van der Waals surface area contributed by atoms with Crippen molar-refractivity contribution in [3.05, 3.63) is 23.2 Å². The molecule has 0 amide bonds. The van der Waals surface area contributed by atoms with Gasteiger partial charge in [-0.05, 0) is 30.5 Å². The number of sulfonamides is 1. The average Bonchev–Trinajstić information content (AvgIpc) is 2.74. The first-order valence-corrected chi connectivity index (χ1v) is 7.87. The SMILES string of the molecule is CC1CCN(S(=O)(=O)c2cc(Cl)ccc2N)C1CO. The van der Waals surface area contributed by atoms with Gasteiger partial charge in [0.15, 0.2) is 0 Å². The Kier molecular flexibility index (Phi) is 4.06. The number of aliphatic hydroxyl groups is 1. The number of aliphatic hydroxyl groups excluding tert-OH is 1. The Bertz CT molecular complexity index is 576. The first kappa shape index (κ1) is 14.6. The minimum absolute atomic E-state index is 0.00699. The molecule has 19 heavy (non-hydrogen) atoms. The molecule has 2 atom stereocenters. The molecule has 7 heteroatoms. The Labute approximate surface area is 118 Å². The molecule has 1 saturated heterocycles. The van der Waals surface area contributed by atoms with E-state index in [-0.39, 0.29) is 23.1 Å².